The lowest BCUT2D eigenvalue weighted by Gasteiger charge is -2.30. The number of carboxylic acid groups (broad SMARTS) is 1. The topological polar surface area (TPSA) is 97.1 Å². The minimum Gasteiger partial charge on any atom is -0.476 e. The highest BCUT2D eigenvalue weighted by Gasteiger charge is 2.24. The van der Waals surface area contributed by atoms with Crippen molar-refractivity contribution in [2.75, 3.05) is 0 Å². The summed E-state index contributed by atoms with van der Waals surface area (Å²) in [6.45, 7) is -0.0473. The standard InChI is InChI=1S/C17H20N4O3/c22-16(11-21-10-15(17(23)24)19-20-21)18-14(9-12-5-4-6-12)13-7-2-1-3-8-13/h1-3,7-8,10,12,14H,4-6,9,11H2,(H,18,22)(H,23,24). The van der Waals surface area contributed by atoms with E-state index in [0.29, 0.717) is 5.92 Å². The second-order valence-corrected chi connectivity index (χ2v) is 6.17. The molecular weight excluding hydrogens is 308 g/mol. The molecule has 1 aliphatic carbocycles. The first kappa shape index (κ1) is 16.2. The van der Waals surface area contributed by atoms with Crippen LogP contribution in [0.1, 0.15) is 47.8 Å². The number of aromatic nitrogens is 3. The van der Waals surface area contributed by atoms with Crippen LogP contribution in [0.4, 0.5) is 0 Å². The zero-order valence-electron chi connectivity index (χ0n) is 13.3. The van der Waals surface area contributed by atoms with E-state index in [1.54, 1.807) is 0 Å². The van der Waals surface area contributed by atoms with E-state index in [-0.39, 0.29) is 24.2 Å². The van der Waals surface area contributed by atoms with Gasteiger partial charge in [0.1, 0.15) is 6.54 Å². The largest absolute Gasteiger partial charge is 0.476 e. The minimum atomic E-state index is -1.16. The first-order valence-corrected chi connectivity index (χ1v) is 8.09. The van der Waals surface area contributed by atoms with Gasteiger partial charge in [0.15, 0.2) is 5.69 Å². The number of rotatable bonds is 7. The average Bonchev–Trinajstić information content (AvgIpc) is 2.99. The molecule has 1 atom stereocenters. The number of carbonyl (C=O) groups excluding carboxylic acids is 1. The second-order valence-electron chi connectivity index (χ2n) is 6.17. The van der Waals surface area contributed by atoms with Gasteiger partial charge < -0.3 is 10.4 Å². The fraction of sp³-hybridized carbons (Fsp3) is 0.412. The Labute approximate surface area is 139 Å². The minimum absolute atomic E-state index is 0.0357. The number of aromatic carboxylic acids is 1. The van der Waals surface area contributed by atoms with Gasteiger partial charge in [-0.15, -0.1) is 5.10 Å². The third-order valence-electron chi connectivity index (χ3n) is 4.39. The Morgan fingerprint density at radius 2 is 2.04 bits per heavy atom. The molecule has 7 heteroatoms. The molecular formula is C17H20N4O3. The van der Waals surface area contributed by atoms with Gasteiger partial charge in [-0.05, 0) is 17.9 Å². The first-order chi connectivity index (χ1) is 11.6. The van der Waals surface area contributed by atoms with Crippen molar-refractivity contribution in [3.8, 4) is 0 Å². The summed E-state index contributed by atoms with van der Waals surface area (Å²) in [5, 5.41) is 19.1. The highest BCUT2D eigenvalue weighted by Crippen LogP contribution is 2.34. The molecule has 2 N–H and O–H groups in total. The highest BCUT2D eigenvalue weighted by atomic mass is 16.4. The third kappa shape index (κ3) is 3.98. The van der Waals surface area contributed by atoms with E-state index < -0.39 is 5.97 Å². The number of amides is 1. The molecule has 2 aromatic rings. The van der Waals surface area contributed by atoms with Crippen molar-refractivity contribution in [2.24, 2.45) is 5.92 Å². The number of benzene rings is 1. The van der Waals surface area contributed by atoms with Crippen LogP contribution < -0.4 is 5.32 Å². The molecule has 0 aliphatic heterocycles. The summed E-state index contributed by atoms with van der Waals surface area (Å²) < 4.78 is 1.24. The van der Waals surface area contributed by atoms with Gasteiger partial charge in [0.05, 0.1) is 12.2 Å². The predicted octanol–water partition coefficient (Wildman–Crippen LogP) is 2.02. The van der Waals surface area contributed by atoms with Crippen molar-refractivity contribution >= 4 is 11.9 Å². The van der Waals surface area contributed by atoms with E-state index >= 15 is 0 Å². The number of carboxylic acids is 1. The molecule has 0 radical (unpaired) electrons. The summed E-state index contributed by atoms with van der Waals surface area (Å²) in [4.78, 5) is 23.1. The zero-order valence-corrected chi connectivity index (χ0v) is 13.3. The predicted molar refractivity (Wildman–Crippen MR) is 86.3 cm³/mol. The Morgan fingerprint density at radius 3 is 2.62 bits per heavy atom. The Hall–Kier alpha value is -2.70. The lowest BCUT2D eigenvalue weighted by atomic mass is 9.79. The lowest BCUT2D eigenvalue weighted by molar-refractivity contribution is -0.122. The maximum Gasteiger partial charge on any atom is 0.358 e. The van der Waals surface area contributed by atoms with Gasteiger partial charge in [0, 0.05) is 0 Å². The van der Waals surface area contributed by atoms with Crippen molar-refractivity contribution < 1.29 is 14.7 Å². The Balaban J connectivity index is 1.64. The Bertz CT molecular complexity index is 710. The number of nitrogens with one attached hydrogen (secondary N) is 1. The maximum absolute atomic E-state index is 12.3. The van der Waals surface area contributed by atoms with Crippen LogP contribution in [0.3, 0.4) is 0 Å². The second kappa shape index (κ2) is 7.25. The van der Waals surface area contributed by atoms with Crippen LogP contribution >= 0.6 is 0 Å². The average molecular weight is 328 g/mol. The molecule has 126 valence electrons. The van der Waals surface area contributed by atoms with Crippen molar-refractivity contribution in [2.45, 2.75) is 38.3 Å². The molecule has 1 amide bonds. The summed E-state index contributed by atoms with van der Waals surface area (Å²) in [5.41, 5.74) is 0.916. The summed E-state index contributed by atoms with van der Waals surface area (Å²) in [7, 11) is 0. The summed E-state index contributed by atoms with van der Waals surface area (Å²) in [5.74, 6) is -0.709. The molecule has 1 unspecified atom stereocenters. The molecule has 1 aromatic carbocycles. The van der Waals surface area contributed by atoms with E-state index in [9.17, 15) is 9.59 Å². The van der Waals surface area contributed by atoms with Crippen molar-refractivity contribution in [1.82, 2.24) is 20.3 Å². The molecule has 0 saturated heterocycles. The van der Waals surface area contributed by atoms with Gasteiger partial charge in [0.25, 0.3) is 0 Å². The van der Waals surface area contributed by atoms with Gasteiger partial charge in [-0.1, -0.05) is 54.8 Å². The lowest BCUT2D eigenvalue weighted by Crippen LogP contribution is -2.33. The van der Waals surface area contributed by atoms with Crippen molar-refractivity contribution in [3.63, 3.8) is 0 Å². The van der Waals surface area contributed by atoms with Crippen molar-refractivity contribution in [1.29, 1.82) is 0 Å². The van der Waals surface area contributed by atoms with Crippen LogP contribution in [-0.4, -0.2) is 32.0 Å². The number of hydrogen-bond donors (Lipinski definition) is 2. The monoisotopic (exact) mass is 328 g/mol. The van der Waals surface area contributed by atoms with Crippen LogP contribution in [0.15, 0.2) is 36.5 Å². The van der Waals surface area contributed by atoms with Crippen LogP contribution in [0.2, 0.25) is 0 Å². The van der Waals surface area contributed by atoms with Crippen LogP contribution in [0.25, 0.3) is 0 Å². The number of hydrogen-bond acceptors (Lipinski definition) is 4. The maximum atomic E-state index is 12.3. The van der Waals surface area contributed by atoms with Crippen LogP contribution in [-0.2, 0) is 11.3 Å². The number of carbonyl (C=O) groups is 2. The fourth-order valence-corrected chi connectivity index (χ4v) is 2.89. The molecule has 1 fully saturated rings. The Kier molecular flexibility index (Phi) is 4.88. The first-order valence-electron chi connectivity index (χ1n) is 8.09. The molecule has 0 bridgehead atoms. The smallest absolute Gasteiger partial charge is 0.358 e. The highest BCUT2D eigenvalue weighted by molar-refractivity contribution is 5.84. The third-order valence-corrected chi connectivity index (χ3v) is 4.39. The molecule has 1 saturated carbocycles. The van der Waals surface area contributed by atoms with Crippen molar-refractivity contribution in [3.05, 3.63) is 47.8 Å². The summed E-state index contributed by atoms with van der Waals surface area (Å²) in [6.07, 6.45) is 5.87. The van der Waals surface area contributed by atoms with Crippen LogP contribution in [0.5, 0.6) is 0 Å². The molecule has 7 nitrogen and oxygen atoms in total. The SMILES string of the molecule is O=C(Cn1cc(C(=O)O)nn1)NC(CC1CCC1)c1ccccc1. The number of nitrogens with zero attached hydrogens (tertiary/aromatic N) is 3. The van der Waals surface area contributed by atoms with Gasteiger partial charge >= 0.3 is 5.97 Å². The quantitative estimate of drug-likeness (QED) is 0.810. The molecule has 1 aliphatic rings. The van der Waals surface area contributed by atoms with Crippen LogP contribution in [0, 0.1) is 5.92 Å². The van der Waals surface area contributed by atoms with Gasteiger partial charge in [-0.25, -0.2) is 9.48 Å². The van der Waals surface area contributed by atoms with E-state index in [1.807, 2.05) is 30.3 Å². The van der Waals surface area contributed by atoms with E-state index in [1.165, 1.54) is 30.1 Å². The normalized spacial score (nSPS) is 15.5. The zero-order chi connectivity index (χ0) is 16.9. The fourth-order valence-electron chi connectivity index (χ4n) is 2.89. The molecule has 24 heavy (non-hydrogen) atoms. The summed E-state index contributed by atoms with van der Waals surface area (Å²) >= 11 is 0. The van der Waals surface area contributed by atoms with Gasteiger partial charge in [-0.2, -0.15) is 0 Å². The Morgan fingerprint density at radius 1 is 1.29 bits per heavy atom. The molecule has 1 aromatic heterocycles. The van der Waals surface area contributed by atoms with Gasteiger partial charge in [-0.3, -0.25) is 4.79 Å². The van der Waals surface area contributed by atoms with Gasteiger partial charge in [0.2, 0.25) is 5.91 Å². The van der Waals surface area contributed by atoms with E-state index in [0.717, 1.165) is 12.0 Å². The molecule has 3 rings (SSSR count). The van der Waals surface area contributed by atoms with E-state index in [4.69, 9.17) is 5.11 Å². The van der Waals surface area contributed by atoms with E-state index in [2.05, 4.69) is 15.6 Å². The summed E-state index contributed by atoms with van der Waals surface area (Å²) in [6, 6.07) is 9.88. The molecule has 1 heterocycles. The molecule has 0 spiro atoms.